The Morgan fingerprint density at radius 3 is 2.52 bits per heavy atom. The maximum atomic E-state index is 12.1. The molecule has 2 aromatic rings. The molecule has 0 radical (unpaired) electrons. The number of carboxylic acids is 1. The summed E-state index contributed by atoms with van der Waals surface area (Å²) in [4.78, 5) is 23.6. The number of benzene rings is 1. The van der Waals surface area contributed by atoms with Crippen LogP contribution < -0.4 is 10.1 Å². The quantitative estimate of drug-likeness (QED) is 0.860. The Balaban J connectivity index is 2.17. The molecule has 5 nitrogen and oxygen atoms in total. The number of hydrogen-bond acceptors (Lipinski definition) is 4. The first-order valence-electron chi connectivity index (χ1n) is 6.30. The first-order chi connectivity index (χ1) is 10.1. The van der Waals surface area contributed by atoms with E-state index in [-0.39, 0.29) is 12.3 Å². The predicted octanol–water partition coefficient (Wildman–Crippen LogP) is 2.70. The number of nitrogens with one attached hydrogen (secondary N) is 1. The van der Waals surface area contributed by atoms with Crippen molar-refractivity contribution in [2.75, 3.05) is 7.11 Å². The normalized spacial score (nSPS) is 11.7. The molecule has 0 aliphatic heterocycles. The third-order valence-corrected chi connectivity index (χ3v) is 3.82. The van der Waals surface area contributed by atoms with E-state index < -0.39 is 12.0 Å². The van der Waals surface area contributed by atoms with Gasteiger partial charge in [-0.15, -0.1) is 11.3 Å². The number of carbonyl (C=O) groups excluding carboxylic acids is 1. The summed E-state index contributed by atoms with van der Waals surface area (Å²) in [6.45, 7) is 0. The summed E-state index contributed by atoms with van der Waals surface area (Å²) in [5.74, 6) is -0.563. The van der Waals surface area contributed by atoms with Gasteiger partial charge in [-0.3, -0.25) is 9.59 Å². The Morgan fingerprint density at radius 2 is 2.00 bits per heavy atom. The predicted molar refractivity (Wildman–Crippen MR) is 79.8 cm³/mol. The molecule has 2 N–H and O–H groups in total. The molecule has 0 saturated carbocycles. The van der Waals surface area contributed by atoms with Crippen LogP contribution in [0.3, 0.4) is 0 Å². The van der Waals surface area contributed by atoms with Gasteiger partial charge < -0.3 is 15.2 Å². The fraction of sp³-hybridized carbons (Fsp3) is 0.200. The molecule has 0 aliphatic rings. The molecule has 0 bridgehead atoms. The van der Waals surface area contributed by atoms with Crippen LogP contribution in [-0.2, 0) is 4.79 Å². The van der Waals surface area contributed by atoms with E-state index in [1.165, 1.54) is 11.3 Å². The van der Waals surface area contributed by atoms with Gasteiger partial charge in [0, 0.05) is 0 Å². The lowest BCUT2D eigenvalue weighted by atomic mass is 10.0. The van der Waals surface area contributed by atoms with Crippen molar-refractivity contribution in [3.63, 3.8) is 0 Å². The van der Waals surface area contributed by atoms with Crippen LogP contribution in [0.15, 0.2) is 41.8 Å². The summed E-state index contributed by atoms with van der Waals surface area (Å²) >= 11 is 1.31. The number of thiophene rings is 1. The van der Waals surface area contributed by atoms with Crippen molar-refractivity contribution in [2.24, 2.45) is 0 Å². The van der Waals surface area contributed by atoms with Crippen molar-refractivity contribution in [1.29, 1.82) is 0 Å². The Morgan fingerprint density at radius 1 is 1.29 bits per heavy atom. The second-order valence-corrected chi connectivity index (χ2v) is 5.32. The molecule has 21 heavy (non-hydrogen) atoms. The van der Waals surface area contributed by atoms with Crippen molar-refractivity contribution in [1.82, 2.24) is 5.32 Å². The molecule has 2 rings (SSSR count). The minimum atomic E-state index is -0.970. The van der Waals surface area contributed by atoms with Gasteiger partial charge in [-0.2, -0.15) is 0 Å². The second kappa shape index (κ2) is 6.90. The number of hydrogen-bond donors (Lipinski definition) is 2. The highest BCUT2D eigenvalue weighted by Gasteiger charge is 2.19. The van der Waals surface area contributed by atoms with Crippen molar-refractivity contribution in [2.45, 2.75) is 12.5 Å². The van der Waals surface area contributed by atoms with Gasteiger partial charge in [-0.05, 0) is 29.1 Å². The minimum absolute atomic E-state index is 0.177. The Bertz CT molecular complexity index is 607. The highest BCUT2D eigenvalue weighted by molar-refractivity contribution is 7.12. The van der Waals surface area contributed by atoms with Gasteiger partial charge in [-0.25, -0.2) is 0 Å². The zero-order valence-corrected chi connectivity index (χ0v) is 12.2. The minimum Gasteiger partial charge on any atom is -0.497 e. The smallest absolute Gasteiger partial charge is 0.305 e. The number of carboxylic acid groups (broad SMARTS) is 1. The summed E-state index contributed by atoms with van der Waals surface area (Å²) in [7, 11) is 1.56. The molecule has 0 fully saturated rings. The van der Waals surface area contributed by atoms with Crippen LogP contribution in [0.5, 0.6) is 5.75 Å². The van der Waals surface area contributed by atoms with E-state index in [2.05, 4.69) is 5.32 Å². The maximum absolute atomic E-state index is 12.1. The average Bonchev–Trinajstić information content (AvgIpc) is 3.00. The van der Waals surface area contributed by atoms with E-state index in [4.69, 9.17) is 9.84 Å². The van der Waals surface area contributed by atoms with Crippen LogP contribution in [0.1, 0.15) is 27.7 Å². The summed E-state index contributed by atoms with van der Waals surface area (Å²) < 4.78 is 5.07. The third-order valence-electron chi connectivity index (χ3n) is 2.95. The second-order valence-electron chi connectivity index (χ2n) is 4.37. The van der Waals surface area contributed by atoms with Gasteiger partial charge >= 0.3 is 5.97 Å². The molecule has 1 amide bonds. The van der Waals surface area contributed by atoms with Gasteiger partial charge in [0.1, 0.15) is 5.75 Å². The number of carbonyl (C=O) groups is 2. The molecule has 1 aromatic carbocycles. The summed E-state index contributed by atoms with van der Waals surface area (Å²) in [6.07, 6.45) is -0.177. The van der Waals surface area contributed by atoms with E-state index in [1.807, 2.05) is 0 Å². The van der Waals surface area contributed by atoms with Crippen LogP contribution in [0.2, 0.25) is 0 Å². The van der Waals surface area contributed by atoms with E-state index >= 15 is 0 Å². The molecule has 1 atom stereocenters. The Labute approximate surface area is 126 Å². The van der Waals surface area contributed by atoms with Gasteiger partial charge in [0.15, 0.2) is 0 Å². The molecular weight excluding hydrogens is 290 g/mol. The van der Waals surface area contributed by atoms with Crippen molar-refractivity contribution in [3.05, 3.63) is 52.2 Å². The van der Waals surface area contributed by atoms with Gasteiger partial charge in [0.2, 0.25) is 0 Å². The zero-order valence-electron chi connectivity index (χ0n) is 11.4. The third kappa shape index (κ3) is 4.06. The molecule has 6 heteroatoms. The van der Waals surface area contributed by atoms with Gasteiger partial charge in [0.25, 0.3) is 5.91 Å². The standard InChI is InChI=1S/C15H15NO4S/c1-20-11-6-4-10(5-7-11)12(9-14(17)18)16-15(19)13-3-2-8-21-13/h2-8,12H,9H2,1H3,(H,16,19)(H,17,18)/t12-/m0/s1. The van der Waals surface area contributed by atoms with E-state index in [0.717, 1.165) is 5.56 Å². The zero-order chi connectivity index (χ0) is 15.2. The largest absolute Gasteiger partial charge is 0.497 e. The van der Waals surface area contributed by atoms with E-state index in [9.17, 15) is 9.59 Å². The maximum Gasteiger partial charge on any atom is 0.305 e. The van der Waals surface area contributed by atoms with Crippen LogP contribution in [0.4, 0.5) is 0 Å². The monoisotopic (exact) mass is 305 g/mol. The molecule has 0 unspecified atom stereocenters. The van der Waals surface area contributed by atoms with E-state index in [1.54, 1.807) is 48.9 Å². The molecule has 0 saturated heterocycles. The first kappa shape index (κ1) is 15.1. The molecule has 0 spiro atoms. The first-order valence-corrected chi connectivity index (χ1v) is 7.18. The molecule has 1 heterocycles. The average molecular weight is 305 g/mol. The number of rotatable bonds is 6. The van der Waals surface area contributed by atoms with Crippen molar-refractivity contribution >= 4 is 23.2 Å². The molecule has 110 valence electrons. The summed E-state index contributed by atoms with van der Waals surface area (Å²) in [5.41, 5.74) is 0.725. The van der Waals surface area contributed by atoms with Crippen molar-refractivity contribution < 1.29 is 19.4 Å². The number of aliphatic carboxylic acids is 1. The molecule has 1 aromatic heterocycles. The number of amides is 1. The van der Waals surface area contributed by atoms with Crippen LogP contribution >= 0.6 is 11.3 Å². The summed E-state index contributed by atoms with van der Waals surface area (Å²) in [5, 5.41) is 13.6. The molecular formula is C15H15NO4S. The fourth-order valence-electron chi connectivity index (χ4n) is 1.90. The fourth-order valence-corrected chi connectivity index (χ4v) is 2.53. The summed E-state index contributed by atoms with van der Waals surface area (Å²) in [6, 6.07) is 9.87. The molecule has 0 aliphatic carbocycles. The lowest BCUT2D eigenvalue weighted by Crippen LogP contribution is -2.29. The van der Waals surface area contributed by atoms with Crippen molar-refractivity contribution in [3.8, 4) is 5.75 Å². The highest BCUT2D eigenvalue weighted by atomic mass is 32.1. The topological polar surface area (TPSA) is 75.6 Å². The van der Waals surface area contributed by atoms with Crippen LogP contribution in [0, 0.1) is 0 Å². The van der Waals surface area contributed by atoms with Crippen LogP contribution in [-0.4, -0.2) is 24.1 Å². The SMILES string of the molecule is COc1ccc([C@H](CC(=O)O)NC(=O)c2cccs2)cc1. The van der Waals surface area contributed by atoms with Gasteiger partial charge in [-0.1, -0.05) is 18.2 Å². The van der Waals surface area contributed by atoms with Crippen LogP contribution in [0.25, 0.3) is 0 Å². The van der Waals surface area contributed by atoms with E-state index in [0.29, 0.717) is 10.6 Å². The number of ether oxygens (including phenoxy) is 1. The lowest BCUT2D eigenvalue weighted by molar-refractivity contribution is -0.137. The lowest BCUT2D eigenvalue weighted by Gasteiger charge is -2.17. The Kier molecular flexibility index (Phi) is 4.94. The highest BCUT2D eigenvalue weighted by Crippen LogP contribution is 2.21. The Hall–Kier alpha value is -2.34. The number of methoxy groups -OCH3 is 1. The van der Waals surface area contributed by atoms with Gasteiger partial charge in [0.05, 0.1) is 24.4 Å².